The van der Waals surface area contributed by atoms with Gasteiger partial charge in [-0.1, -0.05) is 32.0 Å². The summed E-state index contributed by atoms with van der Waals surface area (Å²) in [5.41, 5.74) is 1.76. The summed E-state index contributed by atoms with van der Waals surface area (Å²) in [7, 11) is 0. The second-order valence-electron chi connectivity index (χ2n) is 5.16. The summed E-state index contributed by atoms with van der Waals surface area (Å²) >= 11 is 0. The van der Waals surface area contributed by atoms with Crippen LogP contribution < -0.4 is 5.32 Å². The third-order valence-corrected chi connectivity index (χ3v) is 3.31. The Labute approximate surface area is 118 Å². The second kappa shape index (κ2) is 5.86. The highest BCUT2D eigenvalue weighted by atomic mass is 16.2. The lowest BCUT2D eigenvalue weighted by Gasteiger charge is -2.16. The minimum absolute atomic E-state index is 0.203. The summed E-state index contributed by atoms with van der Waals surface area (Å²) in [6.45, 7) is 3.88. The van der Waals surface area contributed by atoms with E-state index in [1.165, 1.54) is 0 Å². The van der Waals surface area contributed by atoms with Crippen LogP contribution in [0.3, 0.4) is 0 Å². The number of carbonyl (C=O) groups excluding carboxylic acids is 3. The van der Waals surface area contributed by atoms with Crippen molar-refractivity contribution in [1.82, 2.24) is 4.90 Å². The monoisotopic (exact) mass is 274 g/mol. The molecule has 1 N–H and O–H groups in total. The van der Waals surface area contributed by atoms with Crippen molar-refractivity contribution in [1.29, 1.82) is 0 Å². The molecule has 0 bridgehead atoms. The van der Waals surface area contributed by atoms with Gasteiger partial charge < -0.3 is 5.32 Å². The predicted octanol–water partition coefficient (Wildman–Crippen LogP) is 1.90. The largest absolute Gasteiger partial charge is 0.324 e. The Balaban J connectivity index is 2.05. The van der Waals surface area contributed by atoms with Crippen LogP contribution in [-0.4, -0.2) is 29.2 Å². The number of likely N-dealkylation sites (tertiary alicyclic amines) is 1. The van der Waals surface area contributed by atoms with Gasteiger partial charge in [0.2, 0.25) is 17.7 Å². The number of amides is 3. The molecule has 1 fully saturated rings. The van der Waals surface area contributed by atoms with Crippen molar-refractivity contribution in [3.63, 3.8) is 0 Å². The third kappa shape index (κ3) is 3.04. The zero-order valence-electron chi connectivity index (χ0n) is 11.7. The molecule has 1 aliphatic heterocycles. The Bertz CT molecular complexity index is 536. The fourth-order valence-electron chi connectivity index (χ4n) is 2.25. The van der Waals surface area contributed by atoms with E-state index >= 15 is 0 Å². The Kier molecular flexibility index (Phi) is 4.17. The second-order valence-corrected chi connectivity index (χ2v) is 5.16. The Morgan fingerprint density at radius 1 is 1.20 bits per heavy atom. The number of hydrogen-bond donors (Lipinski definition) is 1. The van der Waals surface area contributed by atoms with Crippen LogP contribution in [0.1, 0.15) is 38.2 Å². The Morgan fingerprint density at radius 3 is 2.40 bits per heavy atom. The SMILES string of the molecule is CC(C)c1ccccc1NC(=O)CN1C(=O)CCC1=O. The van der Waals surface area contributed by atoms with Gasteiger partial charge in [0.1, 0.15) is 6.54 Å². The van der Waals surface area contributed by atoms with Crippen LogP contribution >= 0.6 is 0 Å². The Hall–Kier alpha value is -2.17. The van der Waals surface area contributed by atoms with Crippen LogP contribution in [0, 0.1) is 0 Å². The molecule has 1 aromatic rings. The van der Waals surface area contributed by atoms with E-state index in [1.54, 1.807) is 0 Å². The summed E-state index contributed by atoms with van der Waals surface area (Å²) in [5.74, 6) is -0.618. The van der Waals surface area contributed by atoms with Crippen LogP contribution in [0.2, 0.25) is 0 Å². The first-order valence-corrected chi connectivity index (χ1v) is 6.71. The van der Waals surface area contributed by atoms with Crippen molar-refractivity contribution in [3.05, 3.63) is 29.8 Å². The lowest BCUT2D eigenvalue weighted by atomic mass is 10.0. The fraction of sp³-hybridized carbons (Fsp3) is 0.400. The van der Waals surface area contributed by atoms with Gasteiger partial charge in [0.25, 0.3) is 0 Å². The molecule has 0 radical (unpaired) electrons. The summed E-state index contributed by atoms with van der Waals surface area (Å²) in [5, 5.41) is 2.77. The van der Waals surface area contributed by atoms with Gasteiger partial charge in [-0.3, -0.25) is 19.3 Å². The average molecular weight is 274 g/mol. The lowest BCUT2D eigenvalue weighted by molar-refractivity contribution is -0.141. The zero-order valence-corrected chi connectivity index (χ0v) is 11.7. The molecular formula is C15H18N2O3. The van der Waals surface area contributed by atoms with Gasteiger partial charge in [-0.15, -0.1) is 0 Å². The normalized spacial score (nSPS) is 15.1. The molecule has 2 rings (SSSR count). The van der Waals surface area contributed by atoms with Crippen molar-refractivity contribution >= 4 is 23.4 Å². The molecule has 1 aromatic carbocycles. The smallest absolute Gasteiger partial charge is 0.244 e. The maximum absolute atomic E-state index is 12.0. The first-order chi connectivity index (χ1) is 9.49. The lowest BCUT2D eigenvalue weighted by Crippen LogP contribution is -2.37. The summed E-state index contributed by atoms with van der Waals surface area (Å²) in [6, 6.07) is 7.53. The summed E-state index contributed by atoms with van der Waals surface area (Å²) < 4.78 is 0. The number of para-hydroxylation sites is 1. The molecule has 0 aliphatic carbocycles. The molecule has 0 atom stereocenters. The van der Waals surface area contributed by atoms with E-state index < -0.39 is 0 Å². The van der Waals surface area contributed by atoms with Crippen LogP contribution in [0.15, 0.2) is 24.3 Å². The number of imide groups is 1. The molecule has 0 aromatic heterocycles. The highest BCUT2D eigenvalue weighted by Gasteiger charge is 2.30. The van der Waals surface area contributed by atoms with Crippen molar-refractivity contribution in [2.45, 2.75) is 32.6 Å². The molecule has 5 heteroatoms. The number of benzene rings is 1. The first kappa shape index (κ1) is 14.2. The fourth-order valence-corrected chi connectivity index (χ4v) is 2.25. The minimum Gasteiger partial charge on any atom is -0.324 e. The Morgan fingerprint density at radius 2 is 1.80 bits per heavy atom. The molecule has 1 saturated heterocycles. The van der Waals surface area contributed by atoms with Crippen LogP contribution in [-0.2, 0) is 14.4 Å². The van der Waals surface area contributed by atoms with E-state index in [9.17, 15) is 14.4 Å². The summed E-state index contributed by atoms with van der Waals surface area (Å²) in [6.07, 6.45) is 0.406. The highest BCUT2D eigenvalue weighted by molar-refractivity contribution is 6.06. The van der Waals surface area contributed by atoms with Crippen molar-refractivity contribution in [2.24, 2.45) is 0 Å². The van der Waals surface area contributed by atoms with Gasteiger partial charge in [0, 0.05) is 18.5 Å². The van der Waals surface area contributed by atoms with E-state index in [-0.39, 0.29) is 43.0 Å². The third-order valence-electron chi connectivity index (χ3n) is 3.31. The van der Waals surface area contributed by atoms with Crippen LogP contribution in [0.25, 0.3) is 0 Å². The number of carbonyl (C=O) groups is 3. The van der Waals surface area contributed by atoms with Crippen molar-refractivity contribution in [3.8, 4) is 0 Å². The van der Waals surface area contributed by atoms with Gasteiger partial charge >= 0.3 is 0 Å². The van der Waals surface area contributed by atoms with Gasteiger partial charge in [-0.2, -0.15) is 0 Å². The molecule has 0 saturated carbocycles. The van der Waals surface area contributed by atoms with Gasteiger partial charge in [-0.25, -0.2) is 0 Å². The minimum atomic E-state index is -0.346. The molecule has 0 unspecified atom stereocenters. The molecule has 5 nitrogen and oxygen atoms in total. The van der Waals surface area contributed by atoms with E-state index in [0.29, 0.717) is 0 Å². The van der Waals surface area contributed by atoms with E-state index in [0.717, 1.165) is 16.2 Å². The van der Waals surface area contributed by atoms with Crippen molar-refractivity contribution < 1.29 is 14.4 Å². The van der Waals surface area contributed by atoms with E-state index in [2.05, 4.69) is 5.32 Å². The highest BCUT2D eigenvalue weighted by Crippen LogP contribution is 2.23. The van der Waals surface area contributed by atoms with Gasteiger partial charge in [-0.05, 0) is 17.5 Å². The van der Waals surface area contributed by atoms with E-state index in [4.69, 9.17) is 0 Å². The van der Waals surface area contributed by atoms with Crippen molar-refractivity contribution in [2.75, 3.05) is 11.9 Å². The number of rotatable bonds is 4. The standard InChI is InChI=1S/C15H18N2O3/c1-10(2)11-5-3-4-6-12(11)16-13(18)9-17-14(19)7-8-15(17)20/h3-6,10H,7-9H2,1-2H3,(H,16,18). The number of anilines is 1. The average Bonchev–Trinajstić information content (AvgIpc) is 2.71. The molecule has 1 heterocycles. The first-order valence-electron chi connectivity index (χ1n) is 6.71. The number of nitrogens with one attached hydrogen (secondary N) is 1. The molecule has 20 heavy (non-hydrogen) atoms. The maximum atomic E-state index is 12.0. The van der Waals surface area contributed by atoms with Gasteiger partial charge in [0.15, 0.2) is 0 Å². The molecule has 3 amide bonds. The van der Waals surface area contributed by atoms with E-state index in [1.807, 2.05) is 38.1 Å². The van der Waals surface area contributed by atoms with Crippen LogP contribution in [0.5, 0.6) is 0 Å². The van der Waals surface area contributed by atoms with Gasteiger partial charge in [0.05, 0.1) is 0 Å². The number of nitrogens with zero attached hydrogens (tertiary/aromatic N) is 1. The number of hydrogen-bond acceptors (Lipinski definition) is 3. The zero-order chi connectivity index (χ0) is 14.7. The molecule has 0 spiro atoms. The maximum Gasteiger partial charge on any atom is 0.244 e. The molecule has 1 aliphatic rings. The topological polar surface area (TPSA) is 66.5 Å². The summed E-state index contributed by atoms with van der Waals surface area (Å²) in [4.78, 5) is 35.9. The van der Waals surface area contributed by atoms with Crippen LogP contribution in [0.4, 0.5) is 5.69 Å². The molecular weight excluding hydrogens is 256 g/mol. The quantitative estimate of drug-likeness (QED) is 0.853. The molecule has 106 valence electrons. The predicted molar refractivity (Wildman–Crippen MR) is 75.1 cm³/mol.